The number of hydrogen-bond acceptors (Lipinski definition) is 4. The average Bonchev–Trinajstić information content (AvgIpc) is 3.02. The zero-order chi connectivity index (χ0) is 22.1. The van der Waals surface area contributed by atoms with Crippen LogP contribution in [0.3, 0.4) is 0 Å². The predicted molar refractivity (Wildman–Crippen MR) is 120 cm³/mol. The van der Waals surface area contributed by atoms with Crippen molar-refractivity contribution in [3.63, 3.8) is 0 Å². The number of carbonyl (C=O) groups excluding carboxylic acids is 2. The lowest BCUT2D eigenvalue weighted by Gasteiger charge is -2.33. The Labute approximate surface area is 182 Å². The average molecular weight is 434 g/mol. The molecule has 0 unspecified atom stereocenters. The number of hydrogen-bond donors (Lipinski definition) is 1. The standard InChI is InChI=1S/C23H32FN3O2S/c1-15-19-17(24)7-6-8-18(19)30-20(15)22(29)27-11-9-16(10-12-27)21(28)25-13-23(2,3)14-26(4)5/h6-8,16H,9-14H2,1-5H3,(H,25,28). The van der Waals surface area contributed by atoms with Crippen LogP contribution in [0.25, 0.3) is 10.1 Å². The van der Waals surface area contributed by atoms with E-state index < -0.39 is 0 Å². The molecule has 0 spiro atoms. The van der Waals surface area contributed by atoms with Gasteiger partial charge in [0.1, 0.15) is 5.82 Å². The summed E-state index contributed by atoms with van der Waals surface area (Å²) < 4.78 is 15.0. The fourth-order valence-corrected chi connectivity index (χ4v) is 5.52. The first-order chi connectivity index (χ1) is 14.1. The van der Waals surface area contributed by atoms with Crippen LogP contribution in [0.2, 0.25) is 0 Å². The van der Waals surface area contributed by atoms with Crippen molar-refractivity contribution in [1.29, 1.82) is 0 Å². The molecule has 0 bridgehead atoms. The van der Waals surface area contributed by atoms with Gasteiger partial charge in [-0.2, -0.15) is 0 Å². The van der Waals surface area contributed by atoms with E-state index in [1.54, 1.807) is 11.0 Å². The minimum Gasteiger partial charge on any atom is -0.355 e. The van der Waals surface area contributed by atoms with E-state index in [1.807, 2.05) is 27.1 Å². The smallest absolute Gasteiger partial charge is 0.264 e. The highest BCUT2D eigenvalue weighted by atomic mass is 32.1. The Morgan fingerprint density at radius 3 is 2.53 bits per heavy atom. The van der Waals surface area contributed by atoms with Gasteiger partial charge < -0.3 is 15.1 Å². The molecule has 1 aromatic carbocycles. The van der Waals surface area contributed by atoms with Crippen molar-refractivity contribution in [1.82, 2.24) is 15.1 Å². The van der Waals surface area contributed by atoms with Gasteiger partial charge in [-0.3, -0.25) is 9.59 Å². The summed E-state index contributed by atoms with van der Waals surface area (Å²) in [5.41, 5.74) is 0.713. The summed E-state index contributed by atoms with van der Waals surface area (Å²) in [4.78, 5) is 30.2. The highest BCUT2D eigenvalue weighted by molar-refractivity contribution is 7.21. The molecule has 2 amide bonds. The lowest BCUT2D eigenvalue weighted by molar-refractivity contribution is -0.126. The highest BCUT2D eigenvalue weighted by Gasteiger charge is 2.30. The lowest BCUT2D eigenvalue weighted by Crippen LogP contribution is -2.46. The van der Waals surface area contributed by atoms with Crippen LogP contribution in [0.5, 0.6) is 0 Å². The van der Waals surface area contributed by atoms with Crippen LogP contribution in [0.15, 0.2) is 18.2 Å². The molecule has 5 nitrogen and oxygen atoms in total. The number of nitrogens with one attached hydrogen (secondary N) is 1. The first kappa shape index (κ1) is 22.7. The molecule has 7 heteroatoms. The molecule has 1 aliphatic heterocycles. The molecular formula is C23H32FN3O2S. The Kier molecular flexibility index (Phi) is 6.82. The first-order valence-electron chi connectivity index (χ1n) is 10.5. The van der Waals surface area contributed by atoms with Crippen LogP contribution >= 0.6 is 11.3 Å². The minimum absolute atomic E-state index is 0.00378. The van der Waals surface area contributed by atoms with Crippen molar-refractivity contribution in [2.75, 3.05) is 40.3 Å². The molecular weight excluding hydrogens is 401 g/mol. The van der Waals surface area contributed by atoms with E-state index in [9.17, 15) is 14.0 Å². The molecule has 0 aliphatic carbocycles. The van der Waals surface area contributed by atoms with E-state index in [1.165, 1.54) is 17.4 Å². The van der Waals surface area contributed by atoms with Crippen LogP contribution < -0.4 is 5.32 Å². The number of rotatable bonds is 6. The molecule has 0 saturated carbocycles. The SMILES string of the molecule is Cc1c(C(=O)N2CCC(C(=O)NCC(C)(C)CN(C)C)CC2)sc2cccc(F)c12. The Hall–Kier alpha value is -1.99. The van der Waals surface area contributed by atoms with Crippen molar-refractivity contribution in [3.8, 4) is 0 Å². The molecule has 3 rings (SSSR count). The number of fused-ring (bicyclic) bond motifs is 1. The molecule has 30 heavy (non-hydrogen) atoms. The van der Waals surface area contributed by atoms with Gasteiger partial charge in [0.2, 0.25) is 5.91 Å². The maximum Gasteiger partial charge on any atom is 0.264 e. The predicted octanol–water partition coefficient (Wildman–Crippen LogP) is 3.91. The van der Waals surface area contributed by atoms with Crippen LogP contribution in [-0.4, -0.2) is 61.9 Å². The fraction of sp³-hybridized carbons (Fsp3) is 0.565. The Morgan fingerprint density at radius 1 is 1.27 bits per heavy atom. The monoisotopic (exact) mass is 433 g/mol. The number of halogens is 1. The molecule has 2 heterocycles. The van der Waals surface area contributed by atoms with Crippen molar-refractivity contribution >= 4 is 33.2 Å². The van der Waals surface area contributed by atoms with Crippen LogP contribution in [-0.2, 0) is 4.79 Å². The van der Waals surface area contributed by atoms with Gasteiger partial charge in [0.15, 0.2) is 0 Å². The third kappa shape index (κ3) is 5.01. The van der Waals surface area contributed by atoms with Gasteiger partial charge in [0.05, 0.1) is 4.88 Å². The normalized spacial score (nSPS) is 15.8. The summed E-state index contributed by atoms with van der Waals surface area (Å²) in [6.45, 7) is 8.73. The molecule has 1 fully saturated rings. The second-order valence-corrected chi connectivity index (χ2v) is 10.4. The molecule has 2 aromatic rings. The molecule has 0 atom stereocenters. The number of aryl methyl sites for hydroxylation is 1. The number of nitrogens with zero attached hydrogens (tertiary/aromatic N) is 2. The largest absolute Gasteiger partial charge is 0.355 e. The maximum atomic E-state index is 14.2. The summed E-state index contributed by atoms with van der Waals surface area (Å²) in [5.74, 6) is -0.328. The highest BCUT2D eigenvalue weighted by Crippen LogP contribution is 2.34. The van der Waals surface area contributed by atoms with E-state index in [4.69, 9.17) is 0 Å². The van der Waals surface area contributed by atoms with Gasteiger partial charge >= 0.3 is 0 Å². The topological polar surface area (TPSA) is 52.7 Å². The molecule has 1 aliphatic rings. The second-order valence-electron chi connectivity index (χ2n) is 9.36. The number of benzene rings is 1. The van der Waals surface area contributed by atoms with Gasteiger partial charge in [-0.05, 0) is 57.0 Å². The minimum atomic E-state index is -0.284. The summed E-state index contributed by atoms with van der Waals surface area (Å²) >= 11 is 1.35. The zero-order valence-electron chi connectivity index (χ0n) is 18.5. The van der Waals surface area contributed by atoms with Gasteiger partial charge in [-0.25, -0.2) is 4.39 Å². The summed E-state index contributed by atoms with van der Waals surface area (Å²) in [7, 11) is 4.06. The van der Waals surface area contributed by atoms with Gasteiger partial charge in [0, 0.05) is 42.2 Å². The Morgan fingerprint density at radius 2 is 1.93 bits per heavy atom. The van der Waals surface area contributed by atoms with Gasteiger partial charge in [-0.1, -0.05) is 19.9 Å². The van der Waals surface area contributed by atoms with Gasteiger partial charge in [0.25, 0.3) is 5.91 Å². The third-order valence-corrected chi connectivity index (χ3v) is 6.98. The third-order valence-electron chi connectivity index (χ3n) is 5.74. The van der Waals surface area contributed by atoms with Crippen molar-refractivity contribution in [3.05, 3.63) is 34.5 Å². The summed E-state index contributed by atoms with van der Waals surface area (Å²) in [5, 5.41) is 3.64. The van der Waals surface area contributed by atoms with Crippen LogP contribution in [0.4, 0.5) is 4.39 Å². The van der Waals surface area contributed by atoms with Gasteiger partial charge in [-0.15, -0.1) is 11.3 Å². The number of thiophene rings is 1. The Balaban J connectivity index is 1.58. The number of amides is 2. The fourth-order valence-electron chi connectivity index (χ4n) is 4.33. The maximum absolute atomic E-state index is 14.2. The van der Waals surface area contributed by atoms with E-state index in [2.05, 4.69) is 24.1 Å². The molecule has 164 valence electrons. The van der Waals surface area contributed by atoms with E-state index in [-0.39, 0.29) is 29.0 Å². The first-order valence-corrected chi connectivity index (χ1v) is 11.3. The lowest BCUT2D eigenvalue weighted by atomic mass is 9.91. The van der Waals surface area contributed by atoms with E-state index >= 15 is 0 Å². The number of likely N-dealkylation sites (tertiary alicyclic amines) is 1. The molecule has 1 N–H and O–H groups in total. The van der Waals surface area contributed by atoms with Crippen molar-refractivity contribution in [2.24, 2.45) is 11.3 Å². The molecule has 0 radical (unpaired) electrons. The van der Waals surface area contributed by atoms with Crippen LogP contribution in [0.1, 0.15) is 41.9 Å². The van der Waals surface area contributed by atoms with Crippen molar-refractivity contribution < 1.29 is 14.0 Å². The number of piperidine rings is 1. The molecule has 1 aromatic heterocycles. The second kappa shape index (κ2) is 9.02. The summed E-state index contributed by atoms with van der Waals surface area (Å²) in [6, 6.07) is 4.95. The molecule has 1 saturated heterocycles. The van der Waals surface area contributed by atoms with E-state index in [0.29, 0.717) is 48.3 Å². The quantitative estimate of drug-likeness (QED) is 0.752. The van der Waals surface area contributed by atoms with Crippen LogP contribution in [0, 0.1) is 24.1 Å². The zero-order valence-corrected chi connectivity index (χ0v) is 19.4. The van der Waals surface area contributed by atoms with E-state index in [0.717, 1.165) is 11.2 Å². The van der Waals surface area contributed by atoms with Crippen molar-refractivity contribution in [2.45, 2.75) is 33.6 Å². The Bertz CT molecular complexity index is 930. The number of carbonyl (C=O) groups is 2. The summed E-state index contributed by atoms with van der Waals surface area (Å²) in [6.07, 6.45) is 1.31.